The molecule has 0 saturated heterocycles. The fourth-order valence-electron chi connectivity index (χ4n) is 2.31. The van der Waals surface area contributed by atoms with Crippen LogP contribution in [0, 0.1) is 17.0 Å². The van der Waals surface area contributed by atoms with Crippen LogP contribution in [0.25, 0.3) is 0 Å². The van der Waals surface area contributed by atoms with Crippen molar-refractivity contribution >= 4 is 11.4 Å². The van der Waals surface area contributed by atoms with E-state index >= 15 is 0 Å². The molecule has 1 unspecified atom stereocenters. The molecule has 0 bridgehead atoms. The van der Waals surface area contributed by atoms with Gasteiger partial charge in [0.25, 0.3) is 5.69 Å². The van der Waals surface area contributed by atoms with Crippen LogP contribution in [-0.2, 0) is 0 Å². The summed E-state index contributed by atoms with van der Waals surface area (Å²) in [4.78, 5) is 10.6. The van der Waals surface area contributed by atoms with Crippen molar-refractivity contribution in [3.05, 3.63) is 33.9 Å². The monoisotopic (exact) mass is 278 g/mol. The van der Waals surface area contributed by atoms with Gasteiger partial charge >= 0.3 is 0 Å². The summed E-state index contributed by atoms with van der Waals surface area (Å²) in [6.45, 7) is 6.11. The van der Waals surface area contributed by atoms with E-state index < -0.39 is 0 Å². The second-order valence-corrected chi connectivity index (χ2v) is 5.51. The number of anilines is 1. The van der Waals surface area contributed by atoms with Crippen LogP contribution in [0.3, 0.4) is 0 Å². The SMILES string of the molecule is CCCCCCCC(C)Nc1ccc(C)c([N+](=O)[O-])c1. The van der Waals surface area contributed by atoms with Gasteiger partial charge in [0, 0.05) is 23.4 Å². The lowest BCUT2D eigenvalue weighted by atomic mass is 10.1. The lowest BCUT2D eigenvalue weighted by Crippen LogP contribution is -2.15. The first-order valence-corrected chi connectivity index (χ1v) is 7.56. The number of aryl methyl sites for hydroxylation is 1. The molecule has 0 radical (unpaired) electrons. The van der Waals surface area contributed by atoms with Gasteiger partial charge in [0.05, 0.1) is 4.92 Å². The Labute approximate surface area is 121 Å². The summed E-state index contributed by atoms with van der Waals surface area (Å²) in [6, 6.07) is 5.69. The van der Waals surface area contributed by atoms with Crippen molar-refractivity contribution in [3.8, 4) is 0 Å². The Morgan fingerprint density at radius 1 is 1.25 bits per heavy atom. The fourth-order valence-corrected chi connectivity index (χ4v) is 2.31. The van der Waals surface area contributed by atoms with E-state index in [4.69, 9.17) is 0 Å². The number of hydrogen-bond acceptors (Lipinski definition) is 3. The van der Waals surface area contributed by atoms with Gasteiger partial charge in [-0.15, -0.1) is 0 Å². The molecule has 0 aliphatic carbocycles. The van der Waals surface area contributed by atoms with Crippen LogP contribution in [0.4, 0.5) is 11.4 Å². The molecule has 1 N–H and O–H groups in total. The van der Waals surface area contributed by atoms with Gasteiger partial charge in [0.2, 0.25) is 0 Å². The van der Waals surface area contributed by atoms with E-state index in [0.717, 1.165) is 12.1 Å². The number of hydrogen-bond donors (Lipinski definition) is 1. The predicted molar refractivity (Wildman–Crippen MR) is 84.3 cm³/mol. The smallest absolute Gasteiger partial charge is 0.274 e. The zero-order chi connectivity index (χ0) is 15.0. The molecule has 0 aliphatic heterocycles. The van der Waals surface area contributed by atoms with Gasteiger partial charge in [-0.25, -0.2) is 0 Å². The first kappa shape index (κ1) is 16.5. The van der Waals surface area contributed by atoms with Crippen molar-refractivity contribution in [2.45, 2.75) is 65.3 Å². The lowest BCUT2D eigenvalue weighted by Gasteiger charge is -2.15. The van der Waals surface area contributed by atoms with Crippen molar-refractivity contribution < 1.29 is 4.92 Å². The summed E-state index contributed by atoms with van der Waals surface area (Å²) < 4.78 is 0. The molecule has 0 aromatic heterocycles. The van der Waals surface area contributed by atoms with Crippen LogP contribution in [0.15, 0.2) is 18.2 Å². The average molecular weight is 278 g/mol. The average Bonchev–Trinajstić information content (AvgIpc) is 2.40. The van der Waals surface area contributed by atoms with Gasteiger partial charge in [-0.2, -0.15) is 0 Å². The zero-order valence-electron chi connectivity index (χ0n) is 12.8. The summed E-state index contributed by atoms with van der Waals surface area (Å²) in [5.74, 6) is 0. The van der Waals surface area contributed by atoms with Crippen LogP contribution >= 0.6 is 0 Å². The Balaban J connectivity index is 2.43. The number of nitrogens with one attached hydrogen (secondary N) is 1. The van der Waals surface area contributed by atoms with E-state index in [-0.39, 0.29) is 10.6 Å². The van der Waals surface area contributed by atoms with Gasteiger partial charge in [0.15, 0.2) is 0 Å². The summed E-state index contributed by atoms with van der Waals surface area (Å²) in [5, 5.41) is 14.3. The first-order chi connectivity index (χ1) is 9.54. The molecule has 0 saturated carbocycles. The Morgan fingerprint density at radius 3 is 2.60 bits per heavy atom. The molecule has 1 aromatic rings. The highest BCUT2D eigenvalue weighted by Gasteiger charge is 2.11. The summed E-state index contributed by atoms with van der Waals surface area (Å²) in [6.07, 6.45) is 7.47. The second-order valence-electron chi connectivity index (χ2n) is 5.51. The molecule has 4 heteroatoms. The quantitative estimate of drug-likeness (QED) is 0.390. The summed E-state index contributed by atoms with van der Waals surface area (Å²) >= 11 is 0. The van der Waals surface area contributed by atoms with Crippen molar-refractivity contribution in [2.75, 3.05) is 5.32 Å². The predicted octanol–water partition coefficient (Wildman–Crippen LogP) is 5.06. The zero-order valence-corrected chi connectivity index (χ0v) is 12.8. The maximum atomic E-state index is 10.9. The van der Waals surface area contributed by atoms with Crippen LogP contribution in [-0.4, -0.2) is 11.0 Å². The maximum Gasteiger partial charge on any atom is 0.274 e. The van der Waals surface area contributed by atoms with E-state index in [1.807, 2.05) is 6.07 Å². The van der Waals surface area contributed by atoms with Crippen molar-refractivity contribution in [1.29, 1.82) is 0 Å². The minimum absolute atomic E-state index is 0.185. The molecule has 0 fully saturated rings. The minimum atomic E-state index is -0.323. The third-order valence-electron chi connectivity index (χ3n) is 3.56. The van der Waals surface area contributed by atoms with Crippen LogP contribution < -0.4 is 5.32 Å². The number of benzene rings is 1. The minimum Gasteiger partial charge on any atom is -0.382 e. The van der Waals surface area contributed by atoms with Crippen LogP contribution in [0.2, 0.25) is 0 Å². The van der Waals surface area contributed by atoms with Gasteiger partial charge in [-0.3, -0.25) is 10.1 Å². The highest BCUT2D eigenvalue weighted by Crippen LogP contribution is 2.23. The van der Waals surface area contributed by atoms with Crippen LogP contribution in [0.1, 0.15) is 57.9 Å². The fraction of sp³-hybridized carbons (Fsp3) is 0.625. The number of unbranched alkanes of at least 4 members (excludes halogenated alkanes) is 4. The molecular weight excluding hydrogens is 252 g/mol. The van der Waals surface area contributed by atoms with Crippen molar-refractivity contribution in [3.63, 3.8) is 0 Å². The van der Waals surface area contributed by atoms with Crippen molar-refractivity contribution in [1.82, 2.24) is 0 Å². The molecule has 4 nitrogen and oxygen atoms in total. The largest absolute Gasteiger partial charge is 0.382 e. The molecule has 20 heavy (non-hydrogen) atoms. The van der Waals surface area contributed by atoms with E-state index in [9.17, 15) is 10.1 Å². The van der Waals surface area contributed by atoms with Gasteiger partial charge < -0.3 is 5.32 Å². The van der Waals surface area contributed by atoms with E-state index in [1.165, 1.54) is 32.1 Å². The third kappa shape index (κ3) is 5.59. The molecule has 0 spiro atoms. The molecule has 0 aliphatic rings. The topological polar surface area (TPSA) is 55.2 Å². The second kappa shape index (κ2) is 8.56. The van der Waals surface area contributed by atoms with Gasteiger partial charge in [-0.05, 0) is 26.3 Å². The van der Waals surface area contributed by atoms with E-state index in [1.54, 1.807) is 19.1 Å². The van der Waals surface area contributed by atoms with E-state index in [0.29, 0.717) is 11.6 Å². The molecule has 0 heterocycles. The molecule has 1 aromatic carbocycles. The van der Waals surface area contributed by atoms with Gasteiger partial charge in [-0.1, -0.05) is 45.1 Å². The molecule has 0 amide bonds. The highest BCUT2D eigenvalue weighted by atomic mass is 16.6. The molecule has 112 valence electrons. The van der Waals surface area contributed by atoms with E-state index in [2.05, 4.69) is 19.2 Å². The third-order valence-corrected chi connectivity index (χ3v) is 3.56. The van der Waals surface area contributed by atoms with Crippen LogP contribution in [0.5, 0.6) is 0 Å². The highest BCUT2D eigenvalue weighted by molar-refractivity contribution is 5.55. The molecule has 1 rings (SSSR count). The maximum absolute atomic E-state index is 10.9. The Kier molecular flexibility index (Phi) is 7.05. The first-order valence-electron chi connectivity index (χ1n) is 7.56. The number of nitro groups is 1. The number of nitro benzene ring substituents is 1. The summed E-state index contributed by atoms with van der Waals surface area (Å²) in [5.41, 5.74) is 1.72. The number of nitrogens with zero attached hydrogens (tertiary/aromatic N) is 1. The Morgan fingerprint density at radius 2 is 1.95 bits per heavy atom. The summed E-state index contributed by atoms with van der Waals surface area (Å²) in [7, 11) is 0. The van der Waals surface area contributed by atoms with Gasteiger partial charge in [0.1, 0.15) is 0 Å². The Bertz CT molecular complexity index is 432. The van der Waals surface area contributed by atoms with Crippen molar-refractivity contribution in [2.24, 2.45) is 0 Å². The normalized spacial score (nSPS) is 12.2. The number of rotatable bonds is 9. The Hall–Kier alpha value is -1.58. The molecular formula is C16H26N2O2. The standard InChI is InChI=1S/C16H26N2O2/c1-4-5-6-7-8-9-14(3)17-15-11-10-13(2)16(12-15)18(19)20/h10-12,14,17H,4-9H2,1-3H3. The molecule has 1 atom stereocenters. The lowest BCUT2D eigenvalue weighted by molar-refractivity contribution is -0.385.